The molecule has 2 saturated carbocycles. The molecule has 2 rings (SSSR count). The fourth-order valence-electron chi connectivity index (χ4n) is 3.03. The maximum Gasteiger partial charge on any atom is 0.0939 e. The van der Waals surface area contributed by atoms with Gasteiger partial charge < -0.3 is 9.84 Å². The number of hydrogen-bond acceptors (Lipinski definition) is 2. The zero-order chi connectivity index (χ0) is 10.0. The van der Waals surface area contributed by atoms with Crippen molar-refractivity contribution < 1.29 is 9.84 Å². The van der Waals surface area contributed by atoms with Crippen LogP contribution in [0.2, 0.25) is 0 Å². The van der Waals surface area contributed by atoms with Crippen molar-refractivity contribution in [2.45, 2.75) is 63.1 Å². The van der Waals surface area contributed by atoms with Crippen molar-refractivity contribution in [1.29, 1.82) is 0 Å². The van der Waals surface area contributed by atoms with Crippen LogP contribution in [0.4, 0.5) is 0 Å². The summed E-state index contributed by atoms with van der Waals surface area (Å²) in [6.45, 7) is 0. The molecule has 0 heterocycles. The molecule has 1 N–H and O–H groups in total. The minimum Gasteiger partial charge on any atom is -0.390 e. The number of ether oxygens (including phenoxy) is 1. The molecule has 0 unspecified atom stereocenters. The van der Waals surface area contributed by atoms with Crippen LogP contribution in [0.5, 0.6) is 0 Å². The van der Waals surface area contributed by atoms with Crippen LogP contribution in [0.15, 0.2) is 0 Å². The van der Waals surface area contributed by atoms with Crippen LogP contribution in [0.1, 0.15) is 51.4 Å². The molecule has 2 aliphatic carbocycles. The van der Waals surface area contributed by atoms with Crippen LogP contribution in [-0.4, -0.2) is 23.9 Å². The summed E-state index contributed by atoms with van der Waals surface area (Å²) in [4.78, 5) is 0. The van der Waals surface area contributed by atoms with Crippen LogP contribution in [-0.2, 0) is 4.74 Å². The van der Waals surface area contributed by atoms with E-state index in [1.165, 1.54) is 38.5 Å². The second kappa shape index (κ2) is 4.19. The first-order valence-corrected chi connectivity index (χ1v) is 6.02. The molecule has 0 aromatic carbocycles. The Morgan fingerprint density at radius 1 is 1.14 bits per heavy atom. The Labute approximate surface area is 86.6 Å². The molecule has 1 atom stereocenters. The summed E-state index contributed by atoms with van der Waals surface area (Å²) >= 11 is 0. The van der Waals surface area contributed by atoms with E-state index in [9.17, 15) is 5.11 Å². The number of rotatable bonds is 3. The van der Waals surface area contributed by atoms with E-state index in [-0.39, 0.29) is 11.7 Å². The van der Waals surface area contributed by atoms with Gasteiger partial charge in [-0.1, -0.05) is 19.3 Å². The fourth-order valence-corrected chi connectivity index (χ4v) is 3.03. The van der Waals surface area contributed by atoms with Crippen molar-refractivity contribution in [2.75, 3.05) is 7.11 Å². The van der Waals surface area contributed by atoms with Gasteiger partial charge in [0.2, 0.25) is 0 Å². The van der Waals surface area contributed by atoms with E-state index in [0.29, 0.717) is 5.92 Å². The Hall–Kier alpha value is -0.0800. The van der Waals surface area contributed by atoms with Crippen molar-refractivity contribution in [3.8, 4) is 0 Å². The molecule has 0 aromatic heterocycles. The minimum atomic E-state index is -0.207. The van der Waals surface area contributed by atoms with Gasteiger partial charge in [0.25, 0.3) is 0 Å². The van der Waals surface area contributed by atoms with Crippen LogP contribution in [0.3, 0.4) is 0 Å². The molecule has 2 heteroatoms. The summed E-state index contributed by atoms with van der Waals surface area (Å²) in [5, 5.41) is 10.3. The second-order valence-corrected chi connectivity index (χ2v) is 4.97. The third-order valence-corrected chi connectivity index (χ3v) is 4.24. The lowest BCUT2D eigenvalue weighted by atomic mass is 9.69. The molecule has 14 heavy (non-hydrogen) atoms. The molecule has 0 radical (unpaired) electrons. The monoisotopic (exact) mass is 198 g/mol. The first-order chi connectivity index (χ1) is 6.78. The molecule has 0 aliphatic heterocycles. The molecule has 0 bridgehead atoms. The van der Waals surface area contributed by atoms with Gasteiger partial charge in [0, 0.05) is 7.11 Å². The van der Waals surface area contributed by atoms with Gasteiger partial charge in [-0.15, -0.1) is 0 Å². The van der Waals surface area contributed by atoms with Gasteiger partial charge in [-0.05, 0) is 38.0 Å². The molecule has 2 fully saturated rings. The SMILES string of the molecule is COC1([C@@H](O)C2CCCCC2)CCC1. The average molecular weight is 198 g/mol. The Balaban J connectivity index is 1.94. The first-order valence-electron chi connectivity index (χ1n) is 6.02. The molecule has 2 nitrogen and oxygen atoms in total. The van der Waals surface area contributed by atoms with Gasteiger partial charge in [0.05, 0.1) is 11.7 Å². The van der Waals surface area contributed by atoms with Gasteiger partial charge in [-0.3, -0.25) is 0 Å². The van der Waals surface area contributed by atoms with Crippen LogP contribution < -0.4 is 0 Å². The maximum absolute atomic E-state index is 10.3. The Morgan fingerprint density at radius 2 is 1.79 bits per heavy atom. The summed E-state index contributed by atoms with van der Waals surface area (Å²) in [5.74, 6) is 0.504. The largest absolute Gasteiger partial charge is 0.390 e. The van der Waals surface area contributed by atoms with E-state index in [2.05, 4.69) is 0 Å². The van der Waals surface area contributed by atoms with Gasteiger partial charge in [-0.2, -0.15) is 0 Å². The van der Waals surface area contributed by atoms with Gasteiger partial charge in [-0.25, -0.2) is 0 Å². The zero-order valence-electron chi connectivity index (χ0n) is 9.17. The second-order valence-electron chi connectivity index (χ2n) is 4.97. The highest BCUT2D eigenvalue weighted by molar-refractivity contribution is 4.98. The zero-order valence-corrected chi connectivity index (χ0v) is 9.17. The lowest BCUT2D eigenvalue weighted by Crippen LogP contribution is -2.53. The standard InChI is InChI=1S/C12H22O2/c1-14-12(8-5-9-12)11(13)10-6-3-2-4-7-10/h10-11,13H,2-9H2,1H3/t11-/m0/s1. The Kier molecular flexibility index (Phi) is 3.13. The summed E-state index contributed by atoms with van der Waals surface area (Å²) < 4.78 is 5.54. The topological polar surface area (TPSA) is 29.5 Å². The van der Waals surface area contributed by atoms with E-state index in [1.54, 1.807) is 7.11 Å². The molecule has 0 spiro atoms. The van der Waals surface area contributed by atoms with E-state index in [0.717, 1.165) is 12.8 Å². The third-order valence-electron chi connectivity index (χ3n) is 4.24. The molecule has 2 aliphatic rings. The van der Waals surface area contributed by atoms with Crippen molar-refractivity contribution >= 4 is 0 Å². The third kappa shape index (κ3) is 1.70. The van der Waals surface area contributed by atoms with Crippen LogP contribution in [0, 0.1) is 5.92 Å². The minimum absolute atomic E-state index is 0.165. The van der Waals surface area contributed by atoms with E-state index in [1.807, 2.05) is 0 Å². The normalized spacial score (nSPS) is 29.6. The number of hydrogen-bond donors (Lipinski definition) is 1. The van der Waals surface area contributed by atoms with E-state index >= 15 is 0 Å². The lowest BCUT2D eigenvalue weighted by Gasteiger charge is -2.47. The summed E-state index contributed by atoms with van der Waals surface area (Å²) in [5.41, 5.74) is -0.165. The molecule has 0 aromatic rings. The number of aliphatic hydroxyl groups is 1. The average Bonchev–Trinajstić information content (AvgIpc) is 2.18. The summed E-state index contributed by atoms with van der Waals surface area (Å²) in [6.07, 6.45) is 9.46. The highest BCUT2D eigenvalue weighted by Gasteiger charge is 2.46. The highest BCUT2D eigenvalue weighted by atomic mass is 16.5. The van der Waals surface area contributed by atoms with Crippen molar-refractivity contribution in [1.82, 2.24) is 0 Å². The molecule has 82 valence electrons. The van der Waals surface area contributed by atoms with Crippen molar-refractivity contribution in [3.63, 3.8) is 0 Å². The fraction of sp³-hybridized carbons (Fsp3) is 1.00. The van der Waals surface area contributed by atoms with Crippen molar-refractivity contribution in [2.24, 2.45) is 5.92 Å². The van der Waals surface area contributed by atoms with E-state index in [4.69, 9.17) is 4.74 Å². The Morgan fingerprint density at radius 3 is 2.21 bits per heavy atom. The molecular weight excluding hydrogens is 176 g/mol. The summed E-state index contributed by atoms with van der Waals surface area (Å²) in [6, 6.07) is 0. The highest BCUT2D eigenvalue weighted by Crippen LogP contribution is 2.43. The Bertz CT molecular complexity index is 175. The number of methoxy groups -OCH3 is 1. The first kappa shape index (κ1) is 10.4. The van der Waals surface area contributed by atoms with Crippen LogP contribution in [0.25, 0.3) is 0 Å². The predicted molar refractivity (Wildman–Crippen MR) is 56.2 cm³/mol. The molecular formula is C12H22O2. The maximum atomic E-state index is 10.3. The van der Waals surface area contributed by atoms with Gasteiger partial charge >= 0.3 is 0 Å². The van der Waals surface area contributed by atoms with Gasteiger partial charge in [0.15, 0.2) is 0 Å². The lowest BCUT2D eigenvalue weighted by molar-refractivity contribution is -0.170. The molecule has 0 saturated heterocycles. The van der Waals surface area contributed by atoms with Crippen molar-refractivity contribution in [3.05, 3.63) is 0 Å². The smallest absolute Gasteiger partial charge is 0.0939 e. The number of aliphatic hydroxyl groups excluding tert-OH is 1. The van der Waals surface area contributed by atoms with Crippen LogP contribution >= 0.6 is 0 Å². The molecule has 0 amide bonds. The van der Waals surface area contributed by atoms with E-state index < -0.39 is 0 Å². The quantitative estimate of drug-likeness (QED) is 0.755. The van der Waals surface area contributed by atoms with Gasteiger partial charge in [0.1, 0.15) is 0 Å². The predicted octanol–water partition coefficient (Wildman–Crippen LogP) is 2.50. The summed E-state index contributed by atoms with van der Waals surface area (Å²) in [7, 11) is 1.76.